The minimum atomic E-state index is -0.489. The topological polar surface area (TPSA) is 50.4 Å². The second kappa shape index (κ2) is 7.80. The highest BCUT2D eigenvalue weighted by atomic mass is 79.9. The zero-order chi connectivity index (χ0) is 15.2. The molecule has 0 aromatic heterocycles. The first-order valence-electron chi connectivity index (χ1n) is 7.50. The van der Waals surface area contributed by atoms with Gasteiger partial charge < -0.3 is 15.4 Å². The van der Waals surface area contributed by atoms with Crippen molar-refractivity contribution >= 4 is 21.8 Å². The van der Waals surface area contributed by atoms with E-state index in [1.807, 2.05) is 25.2 Å². The van der Waals surface area contributed by atoms with Crippen molar-refractivity contribution in [2.75, 3.05) is 7.05 Å². The summed E-state index contributed by atoms with van der Waals surface area (Å²) >= 11 is 3.50. The molecule has 5 heteroatoms. The minimum absolute atomic E-state index is 0.0342. The number of hydrogen-bond acceptors (Lipinski definition) is 3. The number of halogens is 1. The van der Waals surface area contributed by atoms with Crippen molar-refractivity contribution in [2.45, 2.75) is 51.3 Å². The standard InChI is InChI=1S/C16H23BrN2O2/c1-11(16(20)19-13-5-3-4-6-13)21-15-8-7-12(10-18-2)9-14(15)17/h7-9,11,13,18H,3-6,10H2,1-2H3,(H,19,20). The number of ether oxygens (including phenoxy) is 1. The Morgan fingerprint density at radius 2 is 2.14 bits per heavy atom. The fourth-order valence-corrected chi connectivity index (χ4v) is 3.11. The van der Waals surface area contributed by atoms with Crippen LogP contribution in [-0.4, -0.2) is 25.1 Å². The highest BCUT2D eigenvalue weighted by molar-refractivity contribution is 9.10. The number of carbonyl (C=O) groups excluding carboxylic acids is 1. The summed E-state index contributed by atoms with van der Waals surface area (Å²) in [5, 5.41) is 6.17. The number of hydrogen-bond donors (Lipinski definition) is 2. The van der Waals surface area contributed by atoms with Crippen LogP contribution in [0, 0.1) is 0 Å². The Kier molecular flexibility index (Phi) is 6.06. The van der Waals surface area contributed by atoms with Crippen molar-refractivity contribution in [2.24, 2.45) is 0 Å². The van der Waals surface area contributed by atoms with E-state index in [4.69, 9.17) is 4.74 Å². The fourth-order valence-electron chi connectivity index (χ4n) is 2.59. The van der Waals surface area contributed by atoms with Crippen LogP contribution in [-0.2, 0) is 11.3 Å². The molecule has 1 fully saturated rings. The average molecular weight is 355 g/mol. The predicted molar refractivity (Wildman–Crippen MR) is 87.4 cm³/mol. The molecule has 1 aliphatic rings. The molecule has 2 N–H and O–H groups in total. The van der Waals surface area contributed by atoms with E-state index in [0.717, 1.165) is 23.9 Å². The zero-order valence-corrected chi connectivity index (χ0v) is 14.2. The van der Waals surface area contributed by atoms with E-state index in [1.165, 1.54) is 18.4 Å². The second-order valence-electron chi connectivity index (χ2n) is 5.55. The van der Waals surface area contributed by atoms with Gasteiger partial charge in [0.25, 0.3) is 5.91 Å². The van der Waals surface area contributed by atoms with Gasteiger partial charge in [-0.2, -0.15) is 0 Å². The van der Waals surface area contributed by atoms with E-state index in [9.17, 15) is 4.79 Å². The lowest BCUT2D eigenvalue weighted by molar-refractivity contribution is -0.128. The van der Waals surface area contributed by atoms with Crippen molar-refractivity contribution in [1.82, 2.24) is 10.6 Å². The Hall–Kier alpha value is -1.07. The molecule has 1 atom stereocenters. The summed E-state index contributed by atoms with van der Waals surface area (Å²) in [5.74, 6) is 0.664. The first kappa shape index (κ1) is 16.3. The SMILES string of the molecule is CNCc1ccc(OC(C)C(=O)NC2CCCC2)c(Br)c1. The summed E-state index contributed by atoms with van der Waals surface area (Å²) in [4.78, 5) is 12.1. The number of carbonyl (C=O) groups is 1. The van der Waals surface area contributed by atoms with Crippen LogP contribution in [0.25, 0.3) is 0 Å². The summed E-state index contributed by atoms with van der Waals surface area (Å²) in [6, 6.07) is 6.23. The highest BCUT2D eigenvalue weighted by Crippen LogP contribution is 2.27. The van der Waals surface area contributed by atoms with Crippen molar-refractivity contribution < 1.29 is 9.53 Å². The lowest BCUT2D eigenvalue weighted by atomic mass is 10.2. The van der Waals surface area contributed by atoms with Gasteiger partial charge in [-0.1, -0.05) is 18.9 Å². The average Bonchev–Trinajstić information content (AvgIpc) is 2.95. The van der Waals surface area contributed by atoms with Gasteiger partial charge in [-0.3, -0.25) is 4.79 Å². The van der Waals surface area contributed by atoms with Crippen LogP contribution in [0.3, 0.4) is 0 Å². The molecule has 0 spiro atoms. The van der Waals surface area contributed by atoms with Crippen LogP contribution in [0.4, 0.5) is 0 Å². The number of amides is 1. The molecule has 2 rings (SSSR count). The first-order chi connectivity index (χ1) is 10.1. The number of rotatable bonds is 6. The van der Waals surface area contributed by atoms with Crippen LogP contribution < -0.4 is 15.4 Å². The monoisotopic (exact) mass is 354 g/mol. The number of nitrogens with one attached hydrogen (secondary N) is 2. The molecule has 1 aromatic rings. The molecule has 116 valence electrons. The van der Waals surface area contributed by atoms with Crippen LogP contribution >= 0.6 is 15.9 Å². The van der Waals surface area contributed by atoms with Gasteiger partial charge in [-0.15, -0.1) is 0 Å². The van der Waals surface area contributed by atoms with Gasteiger partial charge in [0.2, 0.25) is 0 Å². The molecule has 0 radical (unpaired) electrons. The molecular weight excluding hydrogens is 332 g/mol. The Balaban J connectivity index is 1.91. The third-order valence-corrected chi connectivity index (χ3v) is 4.37. The first-order valence-corrected chi connectivity index (χ1v) is 8.29. The van der Waals surface area contributed by atoms with Gasteiger partial charge in [0, 0.05) is 12.6 Å². The Morgan fingerprint density at radius 1 is 1.43 bits per heavy atom. The summed E-state index contributed by atoms with van der Waals surface area (Å²) < 4.78 is 6.64. The van der Waals surface area contributed by atoms with E-state index >= 15 is 0 Å². The van der Waals surface area contributed by atoms with Gasteiger partial charge in [-0.25, -0.2) is 0 Å². The van der Waals surface area contributed by atoms with Crippen LogP contribution in [0.15, 0.2) is 22.7 Å². The molecule has 1 unspecified atom stereocenters. The van der Waals surface area contributed by atoms with Gasteiger partial charge >= 0.3 is 0 Å². The summed E-state index contributed by atoms with van der Waals surface area (Å²) in [6.45, 7) is 2.59. The van der Waals surface area contributed by atoms with E-state index in [2.05, 4.69) is 26.6 Å². The Bertz CT molecular complexity index is 487. The highest BCUT2D eigenvalue weighted by Gasteiger charge is 2.22. The Morgan fingerprint density at radius 3 is 2.76 bits per heavy atom. The largest absolute Gasteiger partial charge is 0.480 e. The molecule has 21 heavy (non-hydrogen) atoms. The second-order valence-corrected chi connectivity index (χ2v) is 6.40. The van der Waals surface area contributed by atoms with Crippen LogP contribution in [0.5, 0.6) is 5.75 Å². The zero-order valence-electron chi connectivity index (χ0n) is 12.6. The van der Waals surface area contributed by atoms with Gasteiger partial charge in [-0.05, 0) is 60.4 Å². The van der Waals surface area contributed by atoms with Crippen molar-refractivity contribution in [3.8, 4) is 5.75 Å². The van der Waals surface area contributed by atoms with Crippen molar-refractivity contribution in [1.29, 1.82) is 0 Å². The van der Waals surface area contributed by atoms with Gasteiger partial charge in [0.05, 0.1) is 4.47 Å². The lowest BCUT2D eigenvalue weighted by Crippen LogP contribution is -2.41. The minimum Gasteiger partial charge on any atom is -0.480 e. The van der Waals surface area contributed by atoms with Gasteiger partial charge in [0.15, 0.2) is 6.10 Å². The molecule has 0 bridgehead atoms. The van der Waals surface area contributed by atoms with E-state index in [1.54, 1.807) is 6.92 Å². The maximum absolute atomic E-state index is 12.1. The molecule has 1 aromatic carbocycles. The summed E-state index contributed by atoms with van der Waals surface area (Å²) in [6.07, 6.45) is 4.09. The third kappa shape index (κ3) is 4.71. The quantitative estimate of drug-likeness (QED) is 0.825. The maximum Gasteiger partial charge on any atom is 0.260 e. The fraction of sp³-hybridized carbons (Fsp3) is 0.562. The lowest BCUT2D eigenvalue weighted by Gasteiger charge is -2.19. The third-order valence-electron chi connectivity index (χ3n) is 3.75. The molecule has 1 amide bonds. The smallest absolute Gasteiger partial charge is 0.260 e. The normalized spacial score (nSPS) is 16.7. The predicted octanol–water partition coefficient (Wildman–Crippen LogP) is 2.99. The van der Waals surface area contributed by atoms with Crippen LogP contribution in [0.1, 0.15) is 38.2 Å². The summed E-state index contributed by atoms with van der Waals surface area (Å²) in [5.41, 5.74) is 1.17. The molecular formula is C16H23BrN2O2. The molecule has 1 aliphatic carbocycles. The summed E-state index contributed by atoms with van der Waals surface area (Å²) in [7, 11) is 1.91. The molecule has 0 saturated heterocycles. The Labute approximate surface area is 134 Å². The van der Waals surface area contributed by atoms with E-state index in [0.29, 0.717) is 11.8 Å². The molecule has 1 saturated carbocycles. The van der Waals surface area contributed by atoms with Gasteiger partial charge in [0.1, 0.15) is 5.75 Å². The number of benzene rings is 1. The maximum atomic E-state index is 12.1. The van der Waals surface area contributed by atoms with Crippen molar-refractivity contribution in [3.63, 3.8) is 0 Å². The molecule has 0 aliphatic heterocycles. The molecule has 0 heterocycles. The molecule has 4 nitrogen and oxygen atoms in total. The van der Waals surface area contributed by atoms with Crippen molar-refractivity contribution in [3.05, 3.63) is 28.2 Å². The van der Waals surface area contributed by atoms with Crippen LogP contribution in [0.2, 0.25) is 0 Å². The van der Waals surface area contributed by atoms with E-state index < -0.39 is 6.10 Å². The van der Waals surface area contributed by atoms with E-state index in [-0.39, 0.29) is 5.91 Å².